The first-order valence-corrected chi connectivity index (χ1v) is 11.9. The van der Waals surface area contributed by atoms with E-state index in [-0.39, 0.29) is 5.78 Å². The zero-order chi connectivity index (χ0) is 22.3. The largest absolute Gasteiger partial charge is 0.491 e. The summed E-state index contributed by atoms with van der Waals surface area (Å²) in [6.45, 7) is 5.34. The third kappa shape index (κ3) is 4.02. The average Bonchev–Trinajstić information content (AvgIpc) is 3.58. The van der Waals surface area contributed by atoms with E-state index in [0.717, 1.165) is 42.0 Å². The standard InChI is InChI=1S/C25H29ClN4O2/c1-16-6-5-13-30-23(26)19(29-24(16)30)14-25(11-3-4-12-27-25)22(31)21-20(10-7-17(2)28-21)32-15-18-8-9-18/h5-7,10,13,18,27H,3-4,8-9,11-12,14-15H2,1-2H3/t25-/m0/s1. The molecular weight excluding hydrogens is 424 g/mol. The third-order valence-electron chi connectivity index (χ3n) is 6.63. The van der Waals surface area contributed by atoms with Crippen LogP contribution in [-0.4, -0.2) is 38.8 Å². The van der Waals surface area contributed by atoms with Crippen LogP contribution in [0.5, 0.6) is 5.75 Å². The summed E-state index contributed by atoms with van der Waals surface area (Å²) in [6, 6.07) is 7.76. The van der Waals surface area contributed by atoms with Crippen molar-refractivity contribution in [1.29, 1.82) is 0 Å². The number of aryl methyl sites for hydroxylation is 2. The Morgan fingerprint density at radius 2 is 2.09 bits per heavy atom. The van der Waals surface area contributed by atoms with Gasteiger partial charge in [0, 0.05) is 18.3 Å². The quantitative estimate of drug-likeness (QED) is 0.525. The van der Waals surface area contributed by atoms with Gasteiger partial charge in [0.05, 0.1) is 17.8 Å². The predicted molar refractivity (Wildman–Crippen MR) is 125 cm³/mol. The van der Waals surface area contributed by atoms with Crippen LogP contribution < -0.4 is 10.1 Å². The number of aromatic nitrogens is 3. The molecule has 1 atom stereocenters. The fourth-order valence-electron chi connectivity index (χ4n) is 4.56. The van der Waals surface area contributed by atoms with Crippen molar-refractivity contribution >= 4 is 23.0 Å². The van der Waals surface area contributed by atoms with Crippen LogP contribution >= 0.6 is 11.6 Å². The molecule has 32 heavy (non-hydrogen) atoms. The number of halogens is 1. The Morgan fingerprint density at radius 3 is 2.81 bits per heavy atom. The molecule has 1 aliphatic carbocycles. The predicted octanol–water partition coefficient (Wildman–Crippen LogP) is 4.73. The molecule has 0 radical (unpaired) electrons. The van der Waals surface area contributed by atoms with Crippen molar-refractivity contribution in [3.8, 4) is 5.75 Å². The zero-order valence-corrected chi connectivity index (χ0v) is 19.4. The van der Waals surface area contributed by atoms with Gasteiger partial charge in [0.2, 0.25) is 5.78 Å². The minimum atomic E-state index is -0.799. The summed E-state index contributed by atoms with van der Waals surface area (Å²) in [5.74, 6) is 1.15. The molecule has 0 spiro atoms. The van der Waals surface area contributed by atoms with E-state index < -0.39 is 5.54 Å². The summed E-state index contributed by atoms with van der Waals surface area (Å²) in [5.41, 5.74) is 3.03. The fraction of sp³-hybridized carbons (Fsp3) is 0.480. The van der Waals surface area contributed by atoms with Gasteiger partial charge in [0.25, 0.3) is 0 Å². The molecule has 1 N–H and O–H groups in total. The number of hydrogen-bond donors (Lipinski definition) is 1. The Kier molecular flexibility index (Phi) is 5.68. The molecule has 7 heteroatoms. The molecule has 2 aliphatic rings. The van der Waals surface area contributed by atoms with Gasteiger partial charge in [-0.25, -0.2) is 9.97 Å². The minimum Gasteiger partial charge on any atom is -0.491 e. The van der Waals surface area contributed by atoms with E-state index in [4.69, 9.17) is 21.3 Å². The number of ether oxygens (including phenoxy) is 1. The van der Waals surface area contributed by atoms with Gasteiger partial charge in [0.1, 0.15) is 16.5 Å². The average molecular weight is 453 g/mol. The lowest BCUT2D eigenvalue weighted by Crippen LogP contribution is -2.56. The Balaban J connectivity index is 1.52. The molecule has 3 aromatic rings. The number of imidazole rings is 1. The molecular formula is C25H29ClN4O2. The monoisotopic (exact) mass is 452 g/mol. The molecule has 0 unspecified atom stereocenters. The van der Waals surface area contributed by atoms with Gasteiger partial charge < -0.3 is 10.1 Å². The van der Waals surface area contributed by atoms with Gasteiger partial charge in [-0.1, -0.05) is 17.7 Å². The number of ketones is 1. The number of carbonyl (C=O) groups is 1. The molecule has 0 aromatic carbocycles. The Hall–Kier alpha value is -2.44. The van der Waals surface area contributed by atoms with Crippen LogP contribution in [0.1, 0.15) is 59.5 Å². The maximum absolute atomic E-state index is 14.1. The highest BCUT2D eigenvalue weighted by Gasteiger charge is 2.43. The van der Waals surface area contributed by atoms with Gasteiger partial charge in [-0.2, -0.15) is 0 Å². The third-order valence-corrected chi connectivity index (χ3v) is 7.03. The maximum Gasteiger partial charge on any atom is 0.205 e. The number of rotatable bonds is 7. The second kappa shape index (κ2) is 8.49. The lowest BCUT2D eigenvalue weighted by atomic mass is 9.79. The number of nitrogens with zero attached hydrogens (tertiary/aromatic N) is 3. The molecule has 3 aromatic heterocycles. The summed E-state index contributed by atoms with van der Waals surface area (Å²) in [7, 11) is 0. The molecule has 0 amide bonds. The van der Waals surface area contributed by atoms with E-state index in [1.165, 1.54) is 12.8 Å². The second-order valence-electron chi connectivity index (χ2n) is 9.26. The van der Waals surface area contributed by atoms with Crippen molar-refractivity contribution in [2.75, 3.05) is 13.2 Å². The van der Waals surface area contributed by atoms with Crippen LogP contribution in [0.25, 0.3) is 5.65 Å². The number of nitrogens with one attached hydrogen (secondary N) is 1. The van der Waals surface area contributed by atoms with Crippen molar-refractivity contribution in [2.24, 2.45) is 5.92 Å². The maximum atomic E-state index is 14.1. The second-order valence-corrected chi connectivity index (χ2v) is 9.62. The van der Waals surface area contributed by atoms with E-state index in [2.05, 4.69) is 10.3 Å². The van der Waals surface area contributed by atoms with Gasteiger partial charge in [-0.15, -0.1) is 0 Å². The summed E-state index contributed by atoms with van der Waals surface area (Å²) < 4.78 is 7.94. The first kappa shape index (κ1) is 21.4. The van der Waals surface area contributed by atoms with Crippen LogP contribution in [0.15, 0.2) is 30.5 Å². The van der Waals surface area contributed by atoms with E-state index in [1.807, 2.05) is 48.7 Å². The first-order valence-electron chi connectivity index (χ1n) is 11.5. The highest BCUT2D eigenvalue weighted by Crippen LogP contribution is 2.34. The molecule has 1 saturated heterocycles. The number of Topliss-reactive ketones (excluding diaryl/α,β-unsaturated/α-hetero) is 1. The summed E-state index contributed by atoms with van der Waals surface area (Å²) in [5, 5.41) is 4.10. The summed E-state index contributed by atoms with van der Waals surface area (Å²) in [6.07, 6.45) is 7.44. The van der Waals surface area contributed by atoms with E-state index in [1.54, 1.807) is 0 Å². The number of piperidine rings is 1. The lowest BCUT2D eigenvalue weighted by Gasteiger charge is -2.36. The van der Waals surface area contributed by atoms with E-state index in [0.29, 0.717) is 42.0 Å². The van der Waals surface area contributed by atoms with Crippen molar-refractivity contribution in [3.63, 3.8) is 0 Å². The molecule has 6 nitrogen and oxygen atoms in total. The van der Waals surface area contributed by atoms with Crippen molar-refractivity contribution in [3.05, 3.63) is 58.3 Å². The van der Waals surface area contributed by atoms with Crippen LogP contribution in [0.3, 0.4) is 0 Å². The molecule has 5 rings (SSSR count). The molecule has 1 aliphatic heterocycles. The highest BCUT2D eigenvalue weighted by molar-refractivity contribution is 6.30. The smallest absolute Gasteiger partial charge is 0.205 e. The topological polar surface area (TPSA) is 68.5 Å². The van der Waals surface area contributed by atoms with E-state index in [9.17, 15) is 4.79 Å². The normalized spacial score (nSPS) is 21.1. The van der Waals surface area contributed by atoms with Gasteiger partial charge in [0.15, 0.2) is 5.69 Å². The SMILES string of the molecule is Cc1ccc(OCC2CC2)c(C(=O)[C@@]2(Cc3nc4c(C)cccn4c3Cl)CCCCN2)n1. The molecule has 0 bridgehead atoms. The molecule has 2 fully saturated rings. The van der Waals surface area contributed by atoms with Gasteiger partial charge in [-0.05, 0) is 82.2 Å². The van der Waals surface area contributed by atoms with Gasteiger partial charge >= 0.3 is 0 Å². The van der Waals surface area contributed by atoms with Crippen LogP contribution in [0, 0.1) is 19.8 Å². The van der Waals surface area contributed by atoms with Crippen molar-refractivity contribution in [2.45, 2.75) is 57.9 Å². The van der Waals surface area contributed by atoms with Crippen molar-refractivity contribution < 1.29 is 9.53 Å². The van der Waals surface area contributed by atoms with E-state index >= 15 is 0 Å². The number of pyridine rings is 2. The van der Waals surface area contributed by atoms with Crippen LogP contribution in [0.4, 0.5) is 0 Å². The van der Waals surface area contributed by atoms with Crippen LogP contribution in [0.2, 0.25) is 5.15 Å². The number of hydrogen-bond acceptors (Lipinski definition) is 5. The van der Waals surface area contributed by atoms with Gasteiger partial charge in [-0.3, -0.25) is 9.20 Å². The van der Waals surface area contributed by atoms with Crippen molar-refractivity contribution in [1.82, 2.24) is 19.7 Å². The molecule has 168 valence electrons. The number of carbonyl (C=O) groups excluding carboxylic acids is 1. The zero-order valence-electron chi connectivity index (χ0n) is 18.7. The minimum absolute atomic E-state index is 0.0310. The number of fused-ring (bicyclic) bond motifs is 1. The Labute approximate surface area is 193 Å². The Bertz CT molecular complexity index is 1160. The Morgan fingerprint density at radius 1 is 1.25 bits per heavy atom. The van der Waals surface area contributed by atoms with Crippen LogP contribution in [-0.2, 0) is 6.42 Å². The lowest BCUT2D eigenvalue weighted by molar-refractivity contribution is 0.0799. The fourth-order valence-corrected chi connectivity index (χ4v) is 4.80. The first-order chi connectivity index (χ1) is 15.5. The molecule has 4 heterocycles. The summed E-state index contributed by atoms with van der Waals surface area (Å²) >= 11 is 6.73. The highest BCUT2D eigenvalue weighted by atomic mass is 35.5. The summed E-state index contributed by atoms with van der Waals surface area (Å²) in [4.78, 5) is 23.5. The molecule has 1 saturated carbocycles.